The average Bonchev–Trinajstić information content (AvgIpc) is 2.33. The molecule has 0 aliphatic carbocycles. The summed E-state index contributed by atoms with van der Waals surface area (Å²) in [4.78, 5) is 14.1. The summed E-state index contributed by atoms with van der Waals surface area (Å²) in [5.74, 6) is 1.51. The minimum Gasteiger partial charge on any atom is -0.356 e. The lowest BCUT2D eigenvalue weighted by Crippen LogP contribution is -2.42. The van der Waals surface area contributed by atoms with Crippen molar-refractivity contribution in [2.45, 2.75) is 40.0 Å². The molecule has 18 heavy (non-hydrogen) atoms. The van der Waals surface area contributed by atoms with Gasteiger partial charge in [-0.1, -0.05) is 26.0 Å². The molecule has 0 bridgehead atoms. The normalized spacial score (nSPS) is 21.7. The summed E-state index contributed by atoms with van der Waals surface area (Å²) < 4.78 is 0. The zero-order valence-corrected chi connectivity index (χ0v) is 12.1. The fourth-order valence-corrected chi connectivity index (χ4v) is 2.56. The van der Waals surface area contributed by atoms with Gasteiger partial charge in [0.25, 0.3) is 0 Å². The van der Waals surface area contributed by atoms with Gasteiger partial charge in [0.2, 0.25) is 5.91 Å². The van der Waals surface area contributed by atoms with Gasteiger partial charge in [0.1, 0.15) is 0 Å². The van der Waals surface area contributed by atoms with Crippen LogP contribution < -0.4 is 5.32 Å². The number of carbonyl (C=O) groups is 1. The van der Waals surface area contributed by atoms with Gasteiger partial charge < -0.3 is 10.2 Å². The molecule has 0 unspecified atom stereocenters. The molecule has 0 spiro atoms. The molecule has 1 aliphatic rings. The van der Waals surface area contributed by atoms with E-state index in [4.69, 9.17) is 0 Å². The molecule has 1 heterocycles. The molecular weight excluding hydrogens is 224 g/mol. The molecule has 0 aromatic rings. The molecule has 1 aliphatic heterocycles. The van der Waals surface area contributed by atoms with Crippen LogP contribution in [0.15, 0.2) is 12.2 Å². The monoisotopic (exact) mass is 252 g/mol. The molecule has 1 fully saturated rings. The molecule has 1 rings (SSSR count). The van der Waals surface area contributed by atoms with Gasteiger partial charge in [-0.25, -0.2) is 0 Å². The van der Waals surface area contributed by atoms with Gasteiger partial charge in [0.05, 0.1) is 0 Å². The Balaban J connectivity index is 2.23. The van der Waals surface area contributed by atoms with E-state index in [1.807, 2.05) is 19.1 Å². The summed E-state index contributed by atoms with van der Waals surface area (Å²) in [6.45, 7) is 10.9. The highest BCUT2D eigenvalue weighted by Gasteiger charge is 2.20. The Morgan fingerprint density at radius 1 is 1.50 bits per heavy atom. The van der Waals surface area contributed by atoms with Crippen molar-refractivity contribution >= 4 is 5.91 Å². The summed E-state index contributed by atoms with van der Waals surface area (Å²) in [6, 6.07) is 0. The highest BCUT2D eigenvalue weighted by molar-refractivity contribution is 5.77. The fraction of sp³-hybridized carbons (Fsp3) is 0.800. The standard InChI is InChI=1S/C15H28N2O/c1-4-5-8-15(18)16-10-14-7-6-9-17(12-14)11-13(2)3/h4-5,13-14H,6-12H2,1-3H3,(H,16,18)/b5-4+/t14-/m1/s1. The molecule has 1 saturated heterocycles. The van der Waals surface area contributed by atoms with Crippen molar-refractivity contribution in [1.82, 2.24) is 10.2 Å². The van der Waals surface area contributed by atoms with Crippen LogP contribution in [0.3, 0.4) is 0 Å². The van der Waals surface area contributed by atoms with Crippen LogP contribution in [0.4, 0.5) is 0 Å². The Hall–Kier alpha value is -0.830. The number of allylic oxidation sites excluding steroid dienone is 1. The second-order valence-corrected chi connectivity index (χ2v) is 5.74. The first-order valence-electron chi connectivity index (χ1n) is 7.22. The van der Waals surface area contributed by atoms with E-state index in [0.29, 0.717) is 12.3 Å². The van der Waals surface area contributed by atoms with E-state index in [2.05, 4.69) is 24.1 Å². The van der Waals surface area contributed by atoms with Gasteiger partial charge in [-0.3, -0.25) is 4.79 Å². The Morgan fingerprint density at radius 3 is 2.94 bits per heavy atom. The maximum atomic E-state index is 11.5. The van der Waals surface area contributed by atoms with Gasteiger partial charge in [-0.15, -0.1) is 0 Å². The van der Waals surface area contributed by atoms with Crippen LogP contribution in [0.1, 0.15) is 40.0 Å². The van der Waals surface area contributed by atoms with Crippen molar-refractivity contribution in [2.24, 2.45) is 11.8 Å². The van der Waals surface area contributed by atoms with Crippen LogP contribution in [0.25, 0.3) is 0 Å². The van der Waals surface area contributed by atoms with Crippen molar-refractivity contribution in [3.63, 3.8) is 0 Å². The predicted octanol–water partition coefficient (Wildman–Crippen LogP) is 2.44. The number of amides is 1. The van der Waals surface area contributed by atoms with E-state index in [0.717, 1.165) is 19.0 Å². The van der Waals surface area contributed by atoms with Crippen LogP contribution in [0.2, 0.25) is 0 Å². The number of nitrogens with one attached hydrogen (secondary N) is 1. The predicted molar refractivity (Wildman–Crippen MR) is 76.4 cm³/mol. The number of piperidine rings is 1. The summed E-state index contributed by atoms with van der Waals surface area (Å²) in [7, 11) is 0. The number of nitrogens with zero attached hydrogens (tertiary/aromatic N) is 1. The first kappa shape index (κ1) is 15.2. The van der Waals surface area contributed by atoms with Crippen LogP contribution in [-0.4, -0.2) is 37.0 Å². The minimum atomic E-state index is 0.147. The third-order valence-electron chi connectivity index (χ3n) is 3.35. The number of rotatable bonds is 6. The van der Waals surface area contributed by atoms with E-state index in [1.54, 1.807) is 0 Å². The molecule has 3 heteroatoms. The molecule has 0 radical (unpaired) electrons. The third-order valence-corrected chi connectivity index (χ3v) is 3.35. The summed E-state index contributed by atoms with van der Waals surface area (Å²) in [6.07, 6.45) is 6.85. The quantitative estimate of drug-likeness (QED) is 0.736. The Kier molecular flexibility index (Phi) is 7.02. The number of hydrogen-bond acceptors (Lipinski definition) is 2. The minimum absolute atomic E-state index is 0.147. The van der Waals surface area contributed by atoms with Gasteiger partial charge in [-0.2, -0.15) is 0 Å². The first-order chi connectivity index (χ1) is 8.61. The highest BCUT2D eigenvalue weighted by atomic mass is 16.1. The van der Waals surface area contributed by atoms with E-state index in [9.17, 15) is 4.79 Å². The lowest BCUT2D eigenvalue weighted by atomic mass is 9.97. The SMILES string of the molecule is C/C=C/CC(=O)NC[C@H]1CCCN(CC(C)C)C1. The molecule has 3 nitrogen and oxygen atoms in total. The van der Waals surface area contributed by atoms with Crippen molar-refractivity contribution in [2.75, 3.05) is 26.2 Å². The Bertz CT molecular complexity index is 274. The maximum absolute atomic E-state index is 11.5. The van der Waals surface area contributed by atoms with E-state index >= 15 is 0 Å². The number of carbonyl (C=O) groups excluding carboxylic acids is 1. The first-order valence-corrected chi connectivity index (χ1v) is 7.22. The van der Waals surface area contributed by atoms with Crippen LogP contribution in [-0.2, 0) is 4.79 Å². The van der Waals surface area contributed by atoms with Crippen molar-refractivity contribution in [3.8, 4) is 0 Å². The van der Waals surface area contributed by atoms with Gasteiger partial charge >= 0.3 is 0 Å². The second kappa shape index (κ2) is 8.30. The average molecular weight is 252 g/mol. The Labute approximate surface area is 112 Å². The Morgan fingerprint density at radius 2 is 2.28 bits per heavy atom. The lowest BCUT2D eigenvalue weighted by Gasteiger charge is -2.33. The van der Waals surface area contributed by atoms with Crippen LogP contribution in [0.5, 0.6) is 0 Å². The largest absolute Gasteiger partial charge is 0.356 e. The topological polar surface area (TPSA) is 32.3 Å². The van der Waals surface area contributed by atoms with Crippen LogP contribution in [0, 0.1) is 11.8 Å². The lowest BCUT2D eigenvalue weighted by molar-refractivity contribution is -0.120. The van der Waals surface area contributed by atoms with Crippen molar-refractivity contribution < 1.29 is 4.79 Å². The summed E-state index contributed by atoms with van der Waals surface area (Å²) in [5.41, 5.74) is 0. The zero-order chi connectivity index (χ0) is 13.4. The maximum Gasteiger partial charge on any atom is 0.223 e. The number of likely N-dealkylation sites (tertiary alicyclic amines) is 1. The smallest absolute Gasteiger partial charge is 0.223 e. The van der Waals surface area contributed by atoms with Crippen molar-refractivity contribution in [3.05, 3.63) is 12.2 Å². The highest BCUT2D eigenvalue weighted by Crippen LogP contribution is 2.16. The van der Waals surface area contributed by atoms with E-state index in [-0.39, 0.29) is 5.91 Å². The molecule has 0 aromatic heterocycles. The second-order valence-electron chi connectivity index (χ2n) is 5.74. The van der Waals surface area contributed by atoms with Gasteiger partial charge in [0.15, 0.2) is 0 Å². The molecule has 1 atom stereocenters. The molecule has 1 N–H and O–H groups in total. The fourth-order valence-electron chi connectivity index (χ4n) is 2.56. The van der Waals surface area contributed by atoms with E-state index < -0.39 is 0 Å². The summed E-state index contributed by atoms with van der Waals surface area (Å²) in [5, 5.41) is 3.04. The molecular formula is C15H28N2O. The molecule has 1 amide bonds. The third kappa shape index (κ3) is 6.20. The van der Waals surface area contributed by atoms with E-state index in [1.165, 1.54) is 25.9 Å². The number of hydrogen-bond donors (Lipinski definition) is 1. The summed E-state index contributed by atoms with van der Waals surface area (Å²) >= 11 is 0. The van der Waals surface area contributed by atoms with Crippen LogP contribution >= 0.6 is 0 Å². The molecule has 0 aromatic carbocycles. The molecule has 104 valence electrons. The molecule has 0 saturated carbocycles. The van der Waals surface area contributed by atoms with Gasteiger partial charge in [0, 0.05) is 26.1 Å². The zero-order valence-electron chi connectivity index (χ0n) is 12.1. The van der Waals surface area contributed by atoms with Crippen molar-refractivity contribution in [1.29, 1.82) is 0 Å². The van der Waals surface area contributed by atoms with Gasteiger partial charge in [-0.05, 0) is 38.1 Å².